The number of rotatable bonds is 2. The monoisotopic (exact) mass is 309 g/mol. The second-order valence-electron chi connectivity index (χ2n) is 5.27. The number of benzene rings is 2. The van der Waals surface area contributed by atoms with E-state index >= 15 is 0 Å². The van der Waals surface area contributed by atoms with Gasteiger partial charge in [-0.2, -0.15) is 0 Å². The molecule has 1 aliphatic rings. The molecule has 6 heteroatoms. The lowest BCUT2D eigenvalue weighted by Gasteiger charge is -2.12. The Morgan fingerprint density at radius 2 is 1.65 bits per heavy atom. The van der Waals surface area contributed by atoms with Crippen molar-refractivity contribution in [2.75, 3.05) is 0 Å². The summed E-state index contributed by atoms with van der Waals surface area (Å²) in [5.74, 6) is -1.75. The van der Waals surface area contributed by atoms with Crippen molar-refractivity contribution >= 4 is 39.7 Å². The van der Waals surface area contributed by atoms with Gasteiger partial charge in [0, 0.05) is 23.6 Å². The molecular weight excluding hydrogens is 298 g/mol. The summed E-state index contributed by atoms with van der Waals surface area (Å²) in [6, 6.07) is 12.3. The van der Waals surface area contributed by atoms with Crippen molar-refractivity contribution in [1.82, 2.24) is 5.06 Å². The maximum Gasteiger partial charge on any atom is 0.363 e. The highest BCUT2D eigenvalue weighted by Crippen LogP contribution is 2.29. The van der Waals surface area contributed by atoms with Gasteiger partial charge in [-0.3, -0.25) is 9.59 Å². The van der Waals surface area contributed by atoms with Crippen molar-refractivity contribution in [2.45, 2.75) is 12.8 Å². The highest BCUT2D eigenvalue weighted by Gasteiger charge is 2.33. The van der Waals surface area contributed by atoms with Crippen LogP contribution in [0.1, 0.15) is 23.2 Å². The van der Waals surface area contributed by atoms with Crippen LogP contribution >= 0.6 is 0 Å². The summed E-state index contributed by atoms with van der Waals surface area (Å²) in [5.41, 5.74) is 1.62. The van der Waals surface area contributed by atoms with E-state index in [1.54, 1.807) is 12.1 Å². The van der Waals surface area contributed by atoms with Gasteiger partial charge in [0.1, 0.15) is 11.2 Å². The van der Waals surface area contributed by atoms with Crippen molar-refractivity contribution in [3.63, 3.8) is 0 Å². The number of para-hydroxylation sites is 1. The minimum Gasteiger partial charge on any atom is -0.456 e. The molecule has 1 saturated heterocycles. The molecule has 6 nitrogen and oxygen atoms in total. The van der Waals surface area contributed by atoms with Crippen molar-refractivity contribution in [3.8, 4) is 0 Å². The maximum atomic E-state index is 12.2. The fourth-order valence-electron chi connectivity index (χ4n) is 2.65. The molecule has 0 atom stereocenters. The Kier molecular flexibility index (Phi) is 2.90. The quantitative estimate of drug-likeness (QED) is 0.680. The molecule has 2 amide bonds. The van der Waals surface area contributed by atoms with Gasteiger partial charge in [0.2, 0.25) is 0 Å². The fourth-order valence-corrected chi connectivity index (χ4v) is 2.65. The number of carbonyl (C=O) groups excluding carboxylic acids is 3. The Balaban J connectivity index is 1.71. The van der Waals surface area contributed by atoms with Crippen LogP contribution < -0.4 is 0 Å². The predicted molar refractivity (Wildman–Crippen MR) is 80.2 cm³/mol. The van der Waals surface area contributed by atoms with E-state index in [1.807, 2.05) is 24.3 Å². The number of imide groups is 1. The zero-order chi connectivity index (χ0) is 16.0. The van der Waals surface area contributed by atoms with Crippen LogP contribution in [-0.4, -0.2) is 22.8 Å². The number of fused-ring (bicyclic) bond motifs is 3. The van der Waals surface area contributed by atoms with Crippen LogP contribution in [0.2, 0.25) is 0 Å². The van der Waals surface area contributed by atoms with E-state index in [9.17, 15) is 14.4 Å². The molecule has 4 rings (SSSR count). The minimum absolute atomic E-state index is 0.0670. The summed E-state index contributed by atoms with van der Waals surface area (Å²) >= 11 is 0. The van der Waals surface area contributed by atoms with Crippen LogP contribution in [0.15, 0.2) is 46.9 Å². The highest BCUT2D eigenvalue weighted by molar-refractivity contribution is 6.08. The summed E-state index contributed by atoms with van der Waals surface area (Å²) in [7, 11) is 0. The Morgan fingerprint density at radius 1 is 0.957 bits per heavy atom. The van der Waals surface area contributed by atoms with Gasteiger partial charge in [-0.15, -0.1) is 5.06 Å². The van der Waals surface area contributed by atoms with Gasteiger partial charge < -0.3 is 9.25 Å². The third-order valence-electron chi connectivity index (χ3n) is 3.79. The van der Waals surface area contributed by atoms with Crippen LogP contribution in [0, 0.1) is 0 Å². The highest BCUT2D eigenvalue weighted by atomic mass is 16.7. The van der Waals surface area contributed by atoms with Gasteiger partial charge in [-0.05, 0) is 24.3 Å². The van der Waals surface area contributed by atoms with Crippen molar-refractivity contribution in [3.05, 3.63) is 48.0 Å². The van der Waals surface area contributed by atoms with Crippen LogP contribution in [0.3, 0.4) is 0 Å². The number of hydrogen-bond acceptors (Lipinski definition) is 5. The van der Waals surface area contributed by atoms with Crippen molar-refractivity contribution in [2.24, 2.45) is 0 Å². The molecule has 0 bridgehead atoms. The lowest BCUT2D eigenvalue weighted by Crippen LogP contribution is -2.32. The summed E-state index contributed by atoms with van der Waals surface area (Å²) in [6.07, 6.45) is 0.134. The largest absolute Gasteiger partial charge is 0.456 e. The van der Waals surface area contributed by atoms with E-state index in [0.717, 1.165) is 16.4 Å². The first kappa shape index (κ1) is 13.5. The molecule has 0 aliphatic carbocycles. The second kappa shape index (κ2) is 4.95. The van der Waals surface area contributed by atoms with E-state index in [-0.39, 0.29) is 18.4 Å². The number of carbonyl (C=O) groups is 3. The predicted octanol–water partition coefficient (Wildman–Crippen LogP) is 2.81. The SMILES string of the molecule is O=C(ON1C(=O)CCC1=O)c1ccc2oc3ccccc3c2c1. The van der Waals surface area contributed by atoms with E-state index in [0.29, 0.717) is 10.6 Å². The van der Waals surface area contributed by atoms with Crippen LogP contribution in [0.4, 0.5) is 0 Å². The standard InChI is InChI=1S/C17H11NO5/c19-15-7-8-16(20)18(15)23-17(21)10-5-6-14-12(9-10)11-3-1-2-4-13(11)22-14/h1-6,9H,7-8H2. The Labute approximate surface area is 130 Å². The summed E-state index contributed by atoms with van der Waals surface area (Å²) in [6.45, 7) is 0. The number of furan rings is 1. The zero-order valence-electron chi connectivity index (χ0n) is 11.9. The molecule has 0 spiro atoms. The fraction of sp³-hybridized carbons (Fsp3) is 0.118. The molecule has 3 aromatic rings. The average Bonchev–Trinajstić information content (AvgIpc) is 3.09. The second-order valence-corrected chi connectivity index (χ2v) is 5.27. The molecule has 114 valence electrons. The lowest BCUT2D eigenvalue weighted by molar-refractivity contribution is -0.172. The van der Waals surface area contributed by atoms with Crippen molar-refractivity contribution < 1.29 is 23.6 Å². The van der Waals surface area contributed by atoms with E-state index < -0.39 is 17.8 Å². The summed E-state index contributed by atoms with van der Waals surface area (Å²) in [5, 5.41) is 2.19. The normalized spacial score (nSPS) is 14.9. The molecule has 2 aromatic carbocycles. The van der Waals surface area contributed by atoms with Crippen LogP contribution in [0.25, 0.3) is 21.9 Å². The molecule has 1 fully saturated rings. The smallest absolute Gasteiger partial charge is 0.363 e. The first-order chi connectivity index (χ1) is 11.1. The van der Waals surface area contributed by atoms with Gasteiger partial charge >= 0.3 is 5.97 Å². The third-order valence-corrected chi connectivity index (χ3v) is 3.79. The van der Waals surface area contributed by atoms with Gasteiger partial charge in [0.25, 0.3) is 11.8 Å². The molecule has 0 unspecified atom stereocenters. The lowest BCUT2D eigenvalue weighted by atomic mass is 10.1. The Morgan fingerprint density at radius 3 is 2.43 bits per heavy atom. The molecule has 0 radical (unpaired) electrons. The zero-order valence-corrected chi connectivity index (χ0v) is 11.9. The first-order valence-electron chi connectivity index (χ1n) is 7.13. The molecular formula is C17H11NO5. The Bertz CT molecular complexity index is 955. The molecule has 1 aromatic heterocycles. The van der Waals surface area contributed by atoms with Crippen LogP contribution in [0.5, 0.6) is 0 Å². The molecule has 0 saturated carbocycles. The maximum absolute atomic E-state index is 12.2. The van der Waals surface area contributed by atoms with Gasteiger partial charge in [-0.1, -0.05) is 18.2 Å². The molecule has 23 heavy (non-hydrogen) atoms. The Hall–Kier alpha value is -3.15. The third kappa shape index (κ3) is 2.15. The molecule has 0 N–H and O–H groups in total. The van der Waals surface area contributed by atoms with Crippen LogP contribution in [-0.2, 0) is 14.4 Å². The number of hydrogen-bond donors (Lipinski definition) is 0. The average molecular weight is 309 g/mol. The first-order valence-corrected chi connectivity index (χ1v) is 7.13. The summed E-state index contributed by atoms with van der Waals surface area (Å²) < 4.78 is 5.68. The molecule has 1 aliphatic heterocycles. The van der Waals surface area contributed by atoms with E-state index in [1.165, 1.54) is 6.07 Å². The van der Waals surface area contributed by atoms with Gasteiger partial charge in [-0.25, -0.2) is 4.79 Å². The summed E-state index contributed by atoms with van der Waals surface area (Å²) in [4.78, 5) is 40.1. The molecule has 2 heterocycles. The van der Waals surface area contributed by atoms with Gasteiger partial charge in [0.15, 0.2) is 0 Å². The number of hydroxylamine groups is 2. The number of amides is 2. The van der Waals surface area contributed by atoms with Gasteiger partial charge in [0.05, 0.1) is 5.56 Å². The topological polar surface area (TPSA) is 76.8 Å². The van der Waals surface area contributed by atoms with E-state index in [2.05, 4.69) is 0 Å². The van der Waals surface area contributed by atoms with Crippen molar-refractivity contribution in [1.29, 1.82) is 0 Å². The van der Waals surface area contributed by atoms with E-state index in [4.69, 9.17) is 9.25 Å². The minimum atomic E-state index is -0.749. The number of nitrogens with zero attached hydrogens (tertiary/aromatic N) is 1.